The highest BCUT2D eigenvalue weighted by atomic mass is 32.1. The molecule has 3 rings (SSSR count). The number of ether oxygens (including phenoxy) is 1. The van der Waals surface area contributed by atoms with Crippen LogP contribution in [0.25, 0.3) is 0 Å². The van der Waals surface area contributed by atoms with Crippen molar-refractivity contribution in [3.63, 3.8) is 0 Å². The van der Waals surface area contributed by atoms with E-state index in [9.17, 15) is 0 Å². The number of hydrogen-bond acceptors (Lipinski definition) is 9. The smallest absolute Gasteiger partial charge is 0.232 e. The molecule has 0 unspecified atom stereocenters. The van der Waals surface area contributed by atoms with E-state index in [-0.39, 0.29) is 5.95 Å². The lowest BCUT2D eigenvalue weighted by molar-refractivity contribution is 0.122. The largest absolute Gasteiger partial charge is 0.378 e. The van der Waals surface area contributed by atoms with Crippen molar-refractivity contribution in [1.82, 2.24) is 19.9 Å². The summed E-state index contributed by atoms with van der Waals surface area (Å²) in [7, 11) is 0. The summed E-state index contributed by atoms with van der Waals surface area (Å²) < 4.78 is 5.33. The summed E-state index contributed by atoms with van der Waals surface area (Å²) in [6.07, 6.45) is 0. The van der Waals surface area contributed by atoms with Crippen LogP contribution in [0.5, 0.6) is 0 Å². The zero-order chi connectivity index (χ0) is 14.7. The molecule has 8 nitrogen and oxygen atoms in total. The number of anilines is 3. The van der Waals surface area contributed by atoms with Crippen LogP contribution in [0.1, 0.15) is 10.6 Å². The fourth-order valence-electron chi connectivity index (χ4n) is 2.02. The minimum atomic E-state index is 0.218. The van der Waals surface area contributed by atoms with Gasteiger partial charge < -0.3 is 20.7 Å². The van der Waals surface area contributed by atoms with Crippen molar-refractivity contribution in [1.29, 1.82) is 0 Å². The Morgan fingerprint density at radius 1 is 1.33 bits per heavy atom. The molecule has 112 valence electrons. The van der Waals surface area contributed by atoms with E-state index in [0.717, 1.165) is 23.7 Å². The maximum absolute atomic E-state index is 5.78. The Morgan fingerprint density at radius 2 is 2.14 bits per heavy atom. The summed E-state index contributed by atoms with van der Waals surface area (Å²) in [5.74, 6) is 1.29. The topological polar surface area (TPSA) is 102 Å². The Morgan fingerprint density at radius 3 is 2.86 bits per heavy atom. The van der Waals surface area contributed by atoms with E-state index >= 15 is 0 Å². The first-order chi connectivity index (χ1) is 10.2. The lowest BCUT2D eigenvalue weighted by Gasteiger charge is -2.26. The molecular formula is C12H17N7OS. The average molecular weight is 307 g/mol. The molecule has 3 heterocycles. The quantitative estimate of drug-likeness (QED) is 0.849. The van der Waals surface area contributed by atoms with Crippen LogP contribution in [-0.2, 0) is 11.3 Å². The normalized spacial score (nSPS) is 15.2. The van der Waals surface area contributed by atoms with Gasteiger partial charge in [0.1, 0.15) is 0 Å². The number of nitrogens with two attached hydrogens (primary N) is 1. The number of aryl methyl sites for hydroxylation is 1. The fraction of sp³-hybridized carbons (Fsp3) is 0.500. The molecular weight excluding hydrogens is 290 g/mol. The monoisotopic (exact) mass is 307 g/mol. The van der Waals surface area contributed by atoms with Crippen LogP contribution in [-0.4, -0.2) is 46.2 Å². The lowest BCUT2D eigenvalue weighted by Crippen LogP contribution is -2.37. The maximum Gasteiger partial charge on any atom is 0.232 e. The molecule has 0 saturated carbocycles. The van der Waals surface area contributed by atoms with Crippen molar-refractivity contribution in [2.75, 3.05) is 42.3 Å². The number of rotatable bonds is 4. The predicted molar refractivity (Wildman–Crippen MR) is 81.4 cm³/mol. The van der Waals surface area contributed by atoms with E-state index in [1.807, 2.05) is 17.3 Å². The van der Waals surface area contributed by atoms with Gasteiger partial charge in [0, 0.05) is 18.0 Å². The van der Waals surface area contributed by atoms with Crippen LogP contribution in [0.15, 0.2) is 5.51 Å². The minimum Gasteiger partial charge on any atom is -0.378 e. The van der Waals surface area contributed by atoms with Gasteiger partial charge in [0.05, 0.1) is 31.0 Å². The highest BCUT2D eigenvalue weighted by molar-refractivity contribution is 7.09. The minimum absolute atomic E-state index is 0.218. The van der Waals surface area contributed by atoms with Crippen LogP contribution in [0.2, 0.25) is 0 Å². The van der Waals surface area contributed by atoms with Crippen LogP contribution in [0, 0.1) is 6.92 Å². The molecule has 0 spiro atoms. The van der Waals surface area contributed by atoms with E-state index in [2.05, 4.69) is 25.3 Å². The van der Waals surface area contributed by atoms with Crippen molar-refractivity contribution < 1.29 is 4.74 Å². The van der Waals surface area contributed by atoms with Crippen molar-refractivity contribution >= 4 is 29.2 Å². The number of nitrogens with one attached hydrogen (secondary N) is 1. The van der Waals surface area contributed by atoms with Gasteiger partial charge in [-0.2, -0.15) is 15.0 Å². The zero-order valence-corrected chi connectivity index (χ0v) is 12.6. The second-order valence-electron chi connectivity index (χ2n) is 4.63. The summed E-state index contributed by atoms with van der Waals surface area (Å²) in [6, 6.07) is 0. The van der Waals surface area contributed by atoms with Gasteiger partial charge in [0.15, 0.2) is 0 Å². The molecule has 3 N–H and O–H groups in total. The SMILES string of the molecule is Cc1ncsc1CNc1nc(N)nc(N2CCOCC2)n1. The third kappa shape index (κ3) is 3.37. The Hall–Kier alpha value is -2.00. The van der Waals surface area contributed by atoms with Crippen LogP contribution in [0.3, 0.4) is 0 Å². The van der Waals surface area contributed by atoms with Gasteiger partial charge in [0.25, 0.3) is 0 Å². The number of hydrogen-bond donors (Lipinski definition) is 2. The van der Waals surface area contributed by atoms with Gasteiger partial charge >= 0.3 is 0 Å². The Bertz CT molecular complexity index is 611. The summed E-state index contributed by atoms with van der Waals surface area (Å²) >= 11 is 1.60. The number of nitrogen functional groups attached to an aromatic ring is 1. The van der Waals surface area contributed by atoms with Crippen molar-refractivity contribution in [2.24, 2.45) is 0 Å². The molecule has 0 bridgehead atoms. The van der Waals surface area contributed by atoms with Gasteiger partial charge in [0.2, 0.25) is 17.8 Å². The Labute approximate surface area is 126 Å². The average Bonchev–Trinajstić information content (AvgIpc) is 2.91. The standard InChI is InChI=1S/C12H17N7OS/c1-8-9(21-7-15-8)6-14-11-16-10(13)17-12(18-11)19-2-4-20-5-3-19/h7H,2-6H2,1H3,(H3,13,14,16,17,18). The molecule has 1 aliphatic rings. The van der Waals surface area contributed by atoms with Crippen molar-refractivity contribution in [2.45, 2.75) is 13.5 Å². The van der Waals surface area contributed by atoms with Gasteiger partial charge in [-0.05, 0) is 6.92 Å². The first-order valence-corrected chi connectivity index (χ1v) is 7.57. The molecule has 0 radical (unpaired) electrons. The molecule has 0 atom stereocenters. The second-order valence-corrected chi connectivity index (χ2v) is 5.57. The third-order valence-electron chi connectivity index (χ3n) is 3.19. The van der Waals surface area contributed by atoms with Gasteiger partial charge in [-0.25, -0.2) is 4.98 Å². The molecule has 21 heavy (non-hydrogen) atoms. The summed E-state index contributed by atoms with van der Waals surface area (Å²) in [4.78, 5) is 20.2. The van der Waals surface area contributed by atoms with Crippen molar-refractivity contribution in [3.8, 4) is 0 Å². The lowest BCUT2D eigenvalue weighted by atomic mass is 10.4. The molecule has 0 aliphatic carbocycles. The van der Waals surface area contributed by atoms with Gasteiger partial charge in [-0.3, -0.25) is 0 Å². The third-order valence-corrected chi connectivity index (χ3v) is 4.12. The Kier molecular flexibility index (Phi) is 4.11. The van der Waals surface area contributed by atoms with Crippen LogP contribution in [0.4, 0.5) is 17.8 Å². The predicted octanol–water partition coefficient (Wildman–Crippen LogP) is 0.667. The van der Waals surface area contributed by atoms with Crippen molar-refractivity contribution in [3.05, 3.63) is 16.1 Å². The first-order valence-electron chi connectivity index (χ1n) is 6.69. The van der Waals surface area contributed by atoms with E-state index < -0.39 is 0 Å². The molecule has 0 aromatic carbocycles. The number of morpholine rings is 1. The first kappa shape index (κ1) is 14.0. The summed E-state index contributed by atoms with van der Waals surface area (Å²) in [6.45, 7) is 5.48. The van der Waals surface area contributed by atoms with E-state index in [0.29, 0.717) is 31.7 Å². The summed E-state index contributed by atoms with van der Waals surface area (Å²) in [5.41, 5.74) is 8.62. The molecule has 2 aromatic heterocycles. The summed E-state index contributed by atoms with van der Waals surface area (Å²) in [5, 5.41) is 3.18. The van der Waals surface area contributed by atoms with E-state index in [1.165, 1.54) is 0 Å². The zero-order valence-electron chi connectivity index (χ0n) is 11.7. The molecule has 9 heteroatoms. The number of nitrogens with zero attached hydrogens (tertiary/aromatic N) is 5. The van der Waals surface area contributed by atoms with E-state index in [4.69, 9.17) is 10.5 Å². The fourth-order valence-corrected chi connectivity index (χ4v) is 2.74. The second kappa shape index (κ2) is 6.19. The maximum atomic E-state index is 5.78. The molecule has 1 saturated heterocycles. The van der Waals surface area contributed by atoms with Gasteiger partial charge in [-0.1, -0.05) is 0 Å². The van der Waals surface area contributed by atoms with E-state index in [1.54, 1.807) is 11.3 Å². The van der Waals surface area contributed by atoms with Crippen LogP contribution < -0.4 is 16.0 Å². The highest BCUT2D eigenvalue weighted by Crippen LogP contribution is 2.16. The Balaban J connectivity index is 1.73. The molecule has 1 aliphatic heterocycles. The van der Waals surface area contributed by atoms with Crippen LogP contribution >= 0.6 is 11.3 Å². The van der Waals surface area contributed by atoms with Gasteiger partial charge in [-0.15, -0.1) is 11.3 Å². The number of thiazole rings is 1. The number of aromatic nitrogens is 4. The highest BCUT2D eigenvalue weighted by Gasteiger charge is 2.16. The molecule has 1 fully saturated rings. The molecule has 2 aromatic rings. The molecule has 0 amide bonds.